The summed E-state index contributed by atoms with van der Waals surface area (Å²) in [5, 5.41) is 6.30. The fourth-order valence-electron chi connectivity index (χ4n) is 3.91. The van der Waals surface area contributed by atoms with E-state index in [-0.39, 0.29) is 5.91 Å². The number of nitrogens with one attached hydrogen (secondary N) is 2. The lowest BCUT2D eigenvalue weighted by Gasteiger charge is -2.34. The van der Waals surface area contributed by atoms with E-state index in [9.17, 15) is 4.79 Å². The number of carbonyl (C=O) groups is 1. The highest BCUT2D eigenvalue weighted by Gasteiger charge is 2.21. The van der Waals surface area contributed by atoms with Gasteiger partial charge in [0, 0.05) is 39.3 Å². The Morgan fingerprint density at radius 1 is 1.03 bits per heavy atom. The molecule has 1 amide bonds. The van der Waals surface area contributed by atoms with Crippen LogP contribution in [0.25, 0.3) is 0 Å². The Bertz CT molecular complexity index is 793. The van der Waals surface area contributed by atoms with Crippen LogP contribution >= 0.6 is 0 Å². The summed E-state index contributed by atoms with van der Waals surface area (Å²) >= 11 is 0. The van der Waals surface area contributed by atoms with Gasteiger partial charge in [-0.2, -0.15) is 0 Å². The normalized spacial score (nSPS) is 15.2. The maximum absolute atomic E-state index is 11.1. The molecule has 1 saturated heterocycles. The molecular weight excluding hydrogens is 360 g/mol. The summed E-state index contributed by atoms with van der Waals surface area (Å²) in [7, 11) is 1.86. The first-order valence-corrected chi connectivity index (χ1v) is 10.5. The summed E-state index contributed by atoms with van der Waals surface area (Å²) in [5.74, 6) is 1.71. The zero-order chi connectivity index (χ0) is 20.5. The summed E-state index contributed by atoms with van der Waals surface area (Å²) < 4.78 is 0. The van der Waals surface area contributed by atoms with Crippen LogP contribution in [0.4, 0.5) is 5.69 Å². The average Bonchev–Trinajstić information content (AvgIpc) is 2.74. The molecule has 0 aliphatic carbocycles. The molecule has 1 fully saturated rings. The molecule has 2 N–H and O–H groups in total. The Labute approximate surface area is 174 Å². The van der Waals surface area contributed by atoms with Gasteiger partial charge in [0.05, 0.1) is 0 Å². The second-order valence-electron chi connectivity index (χ2n) is 7.72. The van der Waals surface area contributed by atoms with E-state index in [0.717, 1.165) is 43.6 Å². The van der Waals surface area contributed by atoms with Gasteiger partial charge in [-0.1, -0.05) is 42.5 Å². The van der Waals surface area contributed by atoms with Gasteiger partial charge < -0.3 is 15.5 Å². The zero-order valence-corrected chi connectivity index (χ0v) is 17.5. The molecule has 0 bridgehead atoms. The monoisotopic (exact) mass is 392 g/mol. The van der Waals surface area contributed by atoms with Crippen molar-refractivity contribution >= 4 is 17.6 Å². The van der Waals surface area contributed by atoms with Crippen LogP contribution in [-0.2, 0) is 17.6 Å². The number of benzene rings is 2. The van der Waals surface area contributed by atoms with Crippen molar-refractivity contribution in [2.75, 3.05) is 32.0 Å². The van der Waals surface area contributed by atoms with Gasteiger partial charge in [0.2, 0.25) is 5.91 Å². The molecule has 2 aromatic rings. The van der Waals surface area contributed by atoms with Gasteiger partial charge in [0.25, 0.3) is 0 Å². The number of rotatable bonds is 6. The van der Waals surface area contributed by atoms with E-state index < -0.39 is 0 Å². The minimum Gasteiger partial charge on any atom is -0.356 e. The Morgan fingerprint density at radius 2 is 1.72 bits per heavy atom. The number of nitrogens with zero attached hydrogens (tertiary/aromatic N) is 2. The fourth-order valence-corrected chi connectivity index (χ4v) is 3.91. The zero-order valence-electron chi connectivity index (χ0n) is 17.5. The van der Waals surface area contributed by atoms with E-state index in [2.05, 4.69) is 63.0 Å². The van der Waals surface area contributed by atoms with Gasteiger partial charge in [-0.3, -0.25) is 9.79 Å². The molecule has 5 nitrogen and oxygen atoms in total. The maximum Gasteiger partial charge on any atom is 0.221 e. The van der Waals surface area contributed by atoms with Crippen molar-refractivity contribution in [2.45, 2.75) is 32.6 Å². The van der Waals surface area contributed by atoms with Crippen molar-refractivity contribution in [1.29, 1.82) is 0 Å². The lowest BCUT2D eigenvalue weighted by molar-refractivity contribution is -0.114. The van der Waals surface area contributed by atoms with Crippen LogP contribution in [0, 0.1) is 5.92 Å². The quantitative estimate of drug-likeness (QED) is 0.582. The third kappa shape index (κ3) is 6.63. The topological polar surface area (TPSA) is 56.7 Å². The van der Waals surface area contributed by atoms with E-state index in [1.165, 1.54) is 37.3 Å². The molecule has 29 heavy (non-hydrogen) atoms. The molecule has 1 heterocycles. The van der Waals surface area contributed by atoms with E-state index in [0.29, 0.717) is 0 Å². The van der Waals surface area contributed by atoms with Gasteiger partial charge in [-0.25, -0.2) is 0 Å². The average molecular weight is 393 g/mol. The Morgan fingerprint density at radius 3 is 2.34 bits per heavy atom. The summed E-state index contributed by atoms with van der Waals surface area (Å²) in [6, 6.07) is 18.8. The number of hydrogen-bond acceptors (Lipinski definition) is 2. The van der Waals surface area contributed by atoms with Gasteiger partial charge >= 0.3 is 0 Å². The Balaban J connectivity index is 1.41. The number of likely N-dealkylation sites (tertiary alicyclic amines) is 1. The van der Waals surface area contributed by atoms with Crippen molar-refractivity contribution in [3.63, 3.8) is 0 Å². The van der Waals surface area contributed by atoms with Crippen molar-refractivity contribution in [2.24, 2.45) is 10.9 Å². The molecule has 0 saturated carbocycles. The first kappa shape index (κ1) is 20.9. The third-order valence-electron chi connectivity index (χ3n) is 5.46. The predicted octanol–water partition coefficient (Wildman–Crippen LogP) is 3.72. The molecule has 5 heteroatoms. The molecule has 0 spiro atoms. The van der Waals surface area contributed by atoms with Crippen LogP contribution in [-0.4, -0.2) is 43.4 Å². The number of guanidine groups is 1. The maximum atomic E-state index is 11.1. The van der Waals surface area contributed by atoms with Crippen molar-refractivity contribution in [3.05, 3.63) is 65.7 Å². The van der Waals surface area contributed by atoms with E-state index in [1.807, 2.05) is 19.2 Å². The van der Waals surface area contributed by atoms with Gasteiger partial charge in [-0.05, 0) is 54.9 Å². The number of hydrogen-bond donors (Lipinski definition) is 2. The first-order chi connectivity index (χ1) is 14.1. The van der Waals surface area contributed by atoms with Crippen LogP contribution in [0.3, 0.4) is 0 Å². The number of aliphatic imine (C=N–C) groups is 1. The molecule has 0 atom stereocenters. The molecule has 0 radical (unpaired) electrons. The molecule has 1 aliphatic heterocycles. The van der Waals surface area contributed by atoms with Crippen LogP contribution < -0.4 is 10.6 Å². The SMILES string of the molecule is CN=C(NCCc1ccc(NC(C)=O)cc1)N1CCC(Cc2ccccc2)CC1. The second-order valence-corrected chi connectivity index (χ2v) is 7.72. The molecule has 2 aromatic carbocycles. The van der Waals surface area contributed by atoms with E-state index in [4.69, 9.17) is 0 Å². The number of amides is 1. The highest BCUT2D eigenvalue weighted by molar-refractivity contribution is 5.88. The first-order valence-electron chi connectivity index (χ1n) is 10.5. The summed E-state index contributed by atoms with van der Waals surface area (Å²) in [6.07, 6.45) is 4.51. The lowest BCUT2D eigenvalue weighted by atomic mass is 9.90. The summed E-state index contributed by atoms with van der Waals surface area (Å²) in [6.45, 7) is 4.48. The van der Waals surface area contributed by atoms with Crippen LogP contribution in [0.1, 0.15) is 30.9 Å². The van der Waals surface area contributed by atoms with Gasteiger partial charge in [-0.15, -0.1) is 0 Å². The largest absolute Gasteiger partial charge is 0.356 e. The van der Waals surface area contributed by atoms with Crippen molar-refractivity contribution in [1.82, 2.24) is 10.2 Å². The molecule has 1 aliphatic rings. The minimum absolute atomic E-state index is 0.0456. The number of carbonyl (C=O) groups excluding carboxylic acids is 1. The van der Waals surface area contributed by atoms with E-state index >= 15 is 0 Å². The van der Waals surface area contributed by atoms with Crippen molar-refractivity contribution in [3.8, 4) is 0 Å². The molecule has 0 unspecified atom stereocenters. The van der Waals surface area contributed by atoms with Gasteiger partial charge in [0.15, 0.2) is 5.96 Å². The summed E-state index contributed by atoms with van der Waals surface area (Å²) in [4.78, 5) is 18.0. The second kappa shape index (κ2) is 10.6. The lowest BCUT2D eigenvalue weighted by Crippen LogP contribution is -2.46. The third-order valence-corrected chi connectivity index (χ3v) is 5.46. The Kier molecular flexibility index (Phi) is 7.68. The predicted molar refractivity (Wildman–Crippen MR) is 120 cm³/mol. The minimum atomic E-state index is -0.0456. The standard InChI is InChI=1S/C24H32N4O/c1-19(29)27-23-10-8-20(9-11-23)12-15-26-24(25-2)28-16-13-22(14-17-28)18-21-6-4-3-5-7-21/h3-11,22H,12-18H2,1-2H3,(H,25,26)(H,27,29). The van der Waals surface area contributed by atoms with Crippen molar-refractivity contribution < 1.29 is 4.79 Å². The number of piperidine rings is 1. The van der Waals surface area contributed by atoms with Gasteiger partial charge in [0.1, 0.15) is 0 Å². The Hall–Kier alpha value is -2.82. The highest BCUT2D eigenvalue weighted by Crippen LogP contribution is 2.21. The van der Waals surface area contributed by atoms with Crippen LogP contribution in [0.5, 0.6) is 0 Å². The molecule has 0 aromatic heterocycles. The number of anilines is 1. The molecule has 154 valence electrons. The van der Waals surface area contributed by atoms with Crippen LogP contribution in [0.2, 0.25) is 0 Å². The highest BCUT2D eigenvalue weighted by atomic mass is 16.1. The molecular formula is C24H32N4O. The molecule has 3 rings (SSSR count). The summed E-state index contributed by atoms with van der Waals surface area (Å²) in [5.41, 5.74) is 3.52. The fraction of sp³-hybridized carbons (Fsp3) is 0.417. The van der Waals surface area contributed by atoms with Crippen LogP contribution in [0.15, 0.2) is 59.6 Å². The smallest absolute Gasteiger partial charge is 0.221 e. The van der Waals surface area contributed by atoms with E-state index in [1.54, 1.807) is 0 Å².